The quantitative estimate of drug-likeness (QED) is 0.880. The van der Waals surface area contributed by atoms with E-state index in [1.165, 1.54) is 19.1 Å². The van der Waals surface area contributed by atoms with Crippen molar-refractivity contribution >= 4 is 11.9 Å². The van der Waals surface area contributed by atoms with Gasteiger partial charge in [-0.05, 0) is 43.5 Å². The molecule has 4 nitrogen and oxygen atoms in total. The Kier molecular flexibility index (Phi) is 4.29. The van der Waals surface area contributed by atoms with Crippen LogP contribution in [0.25, 0.3) is 0 Å². The number of benzene rings is 1. The summed E-state index contributed by atoms with van der Waals surface area (Å²) in [4.78, 5) is 23.3. The Labute approximate surface area is 111 Å². The van der Waals surface area contributed by atoms with Crippen molar-refractivity contribution in [1.29, 1.82) is 0 Å². The molecule has 0 saturated carbocycles. The summed E-state index contributed by atoms with van der Waals surface area (Å²) in [5.74, 6) is -2.54. The third-order valence-corrected chi connectivity index (χ3v) is 3.28. The Morgan fingerprint density at radius 1 is 1.32 bits per heavy atom. The highest BCUT2D eigenvalue weighted by atomic mass is 19.1. The van der Waals surface area contributed by atoms with Crippen LogP contribution in [0.15, 0.2) is 18.2 Å². The summed E-state index contributed by atoms with van der Waals surface area (Å²) in [7, 11) is 0. The fourth-order valence-corrected chi connectivity index (χ4v) is 1.62. The first-order valence-corrected chi connectivity index (χ1v) is 6.00. The molecule has 0 saturated heterocycles. The lowest BCUT2D eigenvalue weighted by Crippen LogP contribution is -2.55. The van der Waals surface area contributed by atoms with Crippen LogP contribution < -0.4 is 5.32 Å². The number of aliphatic carboxylic acids is 1. The van der Waals surface area contributed by atoms with Crippen molar-refractivity contribution in [2.24, 2.45) is 5.92 Å². The third-order valence-electron chi connectivity index (χ3n) is 3.28. The maximum absolute atomic E-state index is 13.2. The molecular weight excluding hydrogens is 249 g/mol. The SMILES string of the molecule is Cc1cc(F)cc(C(=O)N[C@@](C)(C(=O)O)C(C)C)c1. The minimum atomic E-state index is -1.39. The van der Waals surface area contributed by atoms with Gasteiger partial charge in [-0.25, -0.2) is 9.18 Å². The van der Waals surface area contributed by atoms with Gasteiger partial charge in [0.2, 0.25) is 0 Å². The van der Waals surface area contributed by atoms with E-state index in [9.17, 15) is 19.1 Å². The van der Waals surface area contributed by atoms with E-state index in [0.717, 1.165) is 6.07 Å². The van der Waals surface area contributed by atoms with Crippen molar-refractivity contribution in [2.45, 2.75) is 33.2 Å². The first kappa shape index (κ1) is 15.1. The average Bonchev–Trinajstić information content (AvgIpc) is 2.26. The van der Waals surface area contributed by atoms with Crippen LogP contribution in [-0.2, 0) is 4.79 Å². The number of halogens is 1. The van der Waals surface area contributed by atoms with Gasteiger partial charge in [-0.2, -0.15) is 0 Å². The monoisotopic (exact) mass is 267 g/mol. The Morgan fingerprint density at radius 2 is 1.89 bits per heavy atom. The topological polar surface area (TPSA) is 66.4 Å². The molecule has 0 aliphatic carbocycles. The smallest absolute Gasteiger partial charge is 0.329 e. The van der Waals surface area contributed by atoms with Gasteiger partial charge in [0.1, 0.15) is 11.4 Å². The van der Waals surface area contributed by atoms with Gasteiger partial charge in [0.15, 0.2) is 0 Å². The van der Waals surface area contributed by atoms with Crippen LogP contribution in [0.4, 0.5) is 4.39 Å². The van der Waals surface area contributed by atoms with E-state index in [1.54, 1.807) is 20.8 Å². The van der Waals surface area contributed by atoms with Crippen LogP contribution in [0.1, 0.15) is 36.7 Å². The predicted molar refractivity (Wildman–Crippen MR) is 69.5 cm³/mol. The average molecular weight is 267 g/mol. The van der Waals surface area contributed by atoms with E-state index in [0.29, 0.717) is 5.56 Å². The number of carboxylic acid groups (broad SMARTS) is 1. The molecule has 5 heteroatoms. The van der Waals surface area contributed by atoms with Crippen molar-refractivity contribution in [1.82, 2.24) is 5.32 Å². The largest absolute Gasteiger partial charge is 0.480 e. The second-order valence-corrected chi connectivity index (χ2v) is 5.13. The van der Waals surface area contributed by atoms with E-state index in [2.05, 4.69) is 5.32 Å². The van der Waals surface area contributed by atoms with E-state index in [-0.39, 0.29) is 11.5 Å². The Balaban J connectivity index is 3.04. The summed E-state index contributed by atoms with van der Waals surface area (Å²) in [6.07, 6.45) is 0. The zero-order valence-corrected chi connectivity index (χ0v) is 11.5. The van der Waals surface area contributed by atoms with Crippen molar-refractivity contribution < 1.29 is 19.1 Å². The first-order chi connectivity index (χ1) is 8.66. The summed E-state index contributed by atoms with van der Waals surface area (Å²) in [5.41, 5.74) is -0.672. The number of nitrogens with one attached hydrogen (secondary N) is 1. The second-order valence-electron chi connectivity index (χ2n) is 5.13. The maximum Gasteiger partial charge on any atom is 0.329 e. The Hall–Kier alpha value is -1.91. The molecule has 1 atom stereocenters. The number of aryl methyl sites for hydroxylation is 1. The van der Waals surface area contributed by atoms with Crippen LogP contribution in [0.3, 0.4) is 0 Å². The molecule has 19 heavy (non-hydrogen) atoms. The zero-order chi connectivity index (χ0) is 14.8. The molecule has 0 aromatic heterocycles. The van der Waals surface area contributed by atoms with E-state index < -0.39 is 23.2 Å². The number of hydrogen-bond acceptors (Lipinski definition) is 2. The fourth-order valence-electron chi connectivity index (χ4n) is 1.62. The van der Waals surface area contributed by atoms with Crippen molar-refractivity contribution in [3.05, 3.63) is 35.1 Å². The number of rotatable bonds is 4. The molecule has 0 fully saturated rings. The summed E-state index contributed by atoms with van der Waals surface area (Å²) in [5, 5.41) is 11.7. The minimum Gasteiger partial charge on any atom is -0.480 e. The molecule has 0 aliphatic rings. The Bertz CT molecular complexity index is 493. The lowest BCUT2D eigenvalue weighted by atomic mass is 9.88. The lowest BCUT2D eigenvalue weighted by molar-refractivity contribution is -0.145. The van der Waals surface area contributed by atoms with Crippen LogP contribution >= 0.6 is 0 Å². The molecule has 2 N–H and O–H groups in total. The van der Waals surface area contributed by atoms with Gasteiger partial charge in [0.05, 0.1) is 0 Å². The highest BCUT2D eigenvalue weighted by Gasteiger charge is 2.38. The van der Waals surface area contributed by atoms with E-state index in [4.69, 9.17) is 0 Å². The molecule has 0 heterocycles. The van der Waals surface area contributed by atoms with Gasteiger partial charge in [0.25, 0.3) is 5.91 Å². The molecule has 0 radical (unpaired) electrons. The number of carboxylic acids is 1. The summed E-state index contributed by atoms with van der Waals surface area (Å²) in [6.45, 7) is 6.50. The predicted octanol–water partition coefficient (Wildman–Crippen LogP) is 2.36. The molecule has 0 bridgehead atoms. The molecule has 1 aromatic rings. The van der Waals surface area contributed by atoms with Crippen LogP contribution in [0, 0.1) is 18.7 Å². The number of amides is 1. The molecule has 104 valence electrons. The first-order valence-electron chi connectivity index (χ1n) is 6.00. The molecular formula is C14H18FNO3. The standard InChI is InChI=1S/C14H18FNO3/c1-8(2)14(4,13(18)19)16-12(17)10-5-9(3)6-11(15)7-10/h5-8H,1-4H3,(H,16,17)(H,18,19)/t14-/m1/s1. The molecule has 1 rings (SSSR count). The van der Waals surface area contributed by atoms with Crippen LogP contribution in [0.5, 0.6) is 0 Å². The van der Waals surface area contributed by atoms with Crippen molar-refractivity contribution in [3.8, 4) is 0 Å². The summed E-state index contributed by atoms with van der Waals surface area (Å²) in [6, 6.07) is 3.90. The third kappa shape index (κ3) is 3.30. The maximum atomic E-state index is 13.2. The fraction of sp³-hybridized carbons (Fsp3) is 0.429. The van der Waals surface area contributed by atoms with E-state index >= 15 is 0 Å². The molecule has 0 spiro atoms. The number of hydrogen-bond donors (Lipinski definition) is 2. The molecule has 1 amide bonds. The van der Waals surface area contributed by atoms with Crippen molar-refractivity contribution in [2.75, 3.05) is 0 Å². The van der Waals surface area contributed by atoms with Gasteiger partial charge >= 0.3 is 5.97 Å². The van der Waals surface area contributed by atoms with E-state index in [1.807, 2.05) is 0 Å². The number of carbonyl (C=O) groups excluding carboxylic acids is 1. The highest BCUT2D eigenvalue weighted by Crippen LogP contribution is 2.18. The van der Waals surface area contributed by atoms with Crippen LogP contribution in [-0.4, -0.2) is 22.5 Å². The van der Waals surface area contributed by atoms with Gasteiger partial charge in [0, 0.05) is 5.56 Å². The Morgan fingerprint density at radius 3 is 2.32 bits per heavy atom. The number of carbonyl (C=O) groups is 2. The lowest BCUT2D eigenvalue weighted by Gasteiger charge is -2.30. The molecule has 0 aliphatic heterocycles. The van der Waals surface area contributed by atoms with Crippen LogP contribution in [0.2, 0.25) is 0 Å². The second kappa shape index (κ2) is 5.38. The van der Waals surface area contributed by atoms with Gasteiger partial charge in [-0.3, -0.25) is 4.79 Å². The normalized spacial score (nSPS) is 14.0. The zero-order valence-electron chi connectivity index (χ0n) is 11.5. The van der Waals surface area contributed by atoms with Gasteiger partial charge in [-0.1, -0.05) is 13.8 Å². The van der Waals surface area contributed by atoms with Gasteiger partial charge < -0.3 is 10.4 Å². The highest BCUT2D eigenvalue weighted by molar-refractivity contribution is 5.98. The molecule has 0 unspecified atom stereocenters. The van der Waals surface area contributed by atoms with Gasteiger partial charge in [-0.15, -0.1) is 0 Å². The summed E-state index contributed by atoms with van der Waals surface area (Å²) < 4.78 is 13.2. The summed E-state index contributed by atoms with van der Waals surface area (Å²) >= 11 is 0. The van der Waals surface area contributed by atoms with Crippen molar-refractivity contribution in [3.63, 3.8) is 0 Å². The minimum absolute atomic E-state index is 0.116. The molecule has 1 aromatic carbocycles.